The van der Waals surface area contributed by atoms with Crippen molar-refractivity contribution in [3.05, 3.63) is 70.4 Å². The largest absolute Gasteiger partial charge is 0.480 e. The molecule has 1 heterocycles. The number of fused-ring (bicyclic) bond motifs is 1. The van der Waals surface area contributed by atoms with Gasteiger partial charge in [-0.05, 0) is 19.1 Å². The highest BCUT2D eigenvalue weighted by Crippen LogP contribution is 2.30. The summed E-state index contributed by atoms with van der Waals surface area (Å²) in [4.78, 5) is 36.4. The predicted octanol–water partition coefficient (Wildman–Crippen LogP) is 3.36. The average Bonchev–Trinajstić information content (AvgIpc) is 2.93. The van der Waals surface area contributed by atoms with Gasteiger partial charge in [0.1, 0.15) is 12.2 Å². The molecule has 2 aromatic carbocycles. The highest BCUT2D eigenvalue weighted by atomic mass is 35.5. The minimum absolute atomic E-state index is 0.0854. The van der Waals surface area contributed by atoms with E-state index in [0.29, 0.717) is 21.5 Å². The van der Waals surface area contributed by atoms with E-state index in [2.05, 4.69) is 5.43 Å². The summed E-state index contributed by atoms with van der Waals surface area (Å²) in [7, 11) is 0. The van der Waals surface area contributed by atoms with Gasteiger partial charge in [0.25, 0.3) is 0 Å². The maximum Gasteiger partial charge on any atom is 0.324 e. The van der Waals surface area contributed by atoms with E-state index in [9.17, 15) is 14.4 Å². The standard InChI is InChI=1S/C19H15ClN2O4/c1-11(23)17-14-8-7-13(20)9-15(14)22(21-10-16(24)25)18(17)19(26)12-5-3-2-4-6-12/h2-9,21H,10H2,1H3,(H,24,25). The van der Waals surface area contributed by atoms with Gasteiger partial charge >= 0.3 is 5.97 Å². The van der Waals surface area contributed by atoms with E-state index in [1.807, 2.05) is 0 Å². The summed E-state index contributed by atoms with van der Waals surface area (Å²) >= 11 is 6.06. The fourth-order valence-electron chi connectivity index (χ4n) is 2.87. The van der Waals surface area contributed by atoms with Crippen LogP contribution < -0.4 is 5.43 Å². The van der Waals surface area contributed by atoms with Crippen LogP contribution in [0.5, 0.6) is 0 Å². The number of aliphatic carboxylic acids is 1. The van der Waals surface area contributed by atoms with Crippen molar-refractivity contribution in [2.24, 2.45) is 0 Å². The van der Waals surface area contributed by atoms with Crippen molar-refractivity contribution in [2.45, 2.75) is 6.92 Å². The minimum Gasteiger partial charge on any atom is -0.480 e. The number of hydrogen-bond donors (Lipinski definition) is 2. The van der Waals surface area contributed by atoms with Crippen LogP contribution in [0.3, 0.4) is 0 Å². The highest BCUT2D eigenvalue weighted by Gasteiger charge is 2.26. The number of carboxylic acids is 1. The van der Waals surface area contributed by atoms with Gasteiger partial charge in [-0.2, -0.15) is 0 Å². The minimum atomic E-state index is -1.10. The Balaban J connectivity index is 2.32. The molecule has 3 rings (SSSR count). The van der Waals surface area contributed by atoms with Gasteiger partial charge in [0.15, 0.2) is 5.78 Å². The first-order valence-electron chi connectivity index (χ1n) is 7.80. The second kappa shape index (κ2) is 7.01. The van der Waals surface area contributed by atoms with Gasteiger partial charge in [-0.3, -0.25) is 19.1 Å². The third-order valence-electron chi connectivity index (χ3n) is 3.92. The maximum absolute atomic E-state index is 13.1. The molecular weight excluding hydrogens is 356 g/mol. The molecule has 7 heteroatoms. The first-order valence-corrected chi connectivity index (χ1v) is 8.18. The fraction of sp³-hybridized carbons (Fsp3) is 0.105. The third kappa shape index (κ3) is 3.19. The van der Waals surface area contributed by atoms with E-state index in [0.717, 1.165) is 0 Å². The van der Waals surface area contributed by atoms with Crippen LogP contribution in [0, 0.1) is 0 Å². The van der Waals surface area contributed by atoms with Crippen LogP contribution in [0.1, 0.15) is 33.3 Å². The first kappa shape index (κ1) is 17.7. The van der Waals surface area contributed by atoms with E-state index in [1.165, 1.54) is 11.6 Å². The summed E-state index contributed by atoms with van der Waals surface area (Å²) in [5, 5.41) is 9.94. The van der Waals surface area contributed by atoms with E-state index in [4.69, 9.17) is 16.7 Å². The molecule has 0 spiro atoms. The van der Waals surface area contributed by atoms with E-state index in [1.54, 1.807) is 48.5 Å². The molecule has 0 radical (unpaired) electrons. The Morgan fingerprint density at radius 3 is 2.42 bits per heavy atom. The van der Waals surface area contributed by atoms with Crippen LogP contribution in [-0.2, 0) is 4.79 Å². The average molecular weight is 371 g/mol. The van der Waals surface area contributed by atoms with Crippen molar-refractivity contribution >= 4 is 40.0 Å². The SMILES string of the molecule is CC(=O)c1c(C(=O)c2ccccc2)n(NCC(=O)O)c2cc(Cl)ccc12. The Morgan fingerprint density at radius 2 is 1.81 bits per heavy atom. The van der Waals surface area contributed by atoms with Crippen molar-refractivity contribution in [2.75, 3.05) is 12.0 Å². The molecule has 0 aliphatic carbocycles. The Bertz CT molecular complexity index is 1020. The van der Waals surface area contributed by atoms with Gasteiger partial charge in [-0.15, -0.1) is 0 Å². The summed E-state index contributed by atoms with van der Waals surface area (Å²) in [6.07, 6.45) is 0. The molecule has 3 aromatic rings. The number of nitrogens with zero attached hydrogens (tertiary/aromatic N) is 1. The van der Waals surface area contributed by atoms with Crippen molar-refractivity contribution in [3.63, 3.8) is 0 Å². The predicted molar refractivity (Wildman–Crippen MR) is 98.7 cm³/mol. The summed E-state index contributed by atoms with van der Waals surface area (Å²) in [5.74, 6) is -1.79. The number of Topliss-reactive ketones (excluding diaryl/α,β-unsaturated/α-hetero) is 1. The molecule has 0 unspecified atom stereocenters. The number of benzene rings is 2. The second-order valence-corrected chi connectivity index (χ2v) is 6.14. The lowest BCUT2D eigenvalue weighted by atomic mass is 10.0. The lowest BCUT2D eigenvalue weighted by Gasteiger charge is -2.12. The van der Waals surface area contributed by atoms with Crippen molar-refractivity contribution in [1.29, 1.82) is 0 Å². The maximum atomic E-state index is 13.1. The second-order valence-electron chi connectivity index (χ2n) is 5.70. The number of carbonyl (C=O) groups excluding carboxylic acids is 2. The van der Waals surface area contributed by atoms with Crippen LogP contribution >= 0.6 is 11.6 Å². The van der Waals surface area contributed by atoms with Gasteiger partial charge in [0.05, 0.1) is 11.1 Å². The molecule has 0 amide bonds. The number of rotatable bonds is 6. The van der Waals surface area contributed by atoms with E-state index in [-0.39, 0.29) is 22.8 Å². The normalized spacial score (nSPS) is 10.7. The number of carbonyl (C=O) groups is 3. The molecule has 0 aliphatic heterocycles. The van der Waals surface area contributed by atoms with Gasteiger partial charge < -0.3 is 10.5 Å². The number of aromatic nitrogens is 1. The quantitative estimate of drug-likeness (QED) is 0.649. The Kier molecular flexibility index (Phi) is 4.77. The fourth-order valence-corrected chi connectivity index (χ4v) is 3.04. The zero-order valence-corrected chi connectivity index (χ0v) is 14.6. The lowest BCUT2D eigenvalue weighted by molar-refractivity contribution is -0.135. The monoisotopic (exact) mass is 370 g/mol. The molecule has 132 valence electrons. The molecular formula is C19H15ClN2O4. The van der Waals surface area contributed by atoms with Crippen LogP contribution in [0.2, 0.25) is 5.02 Å². The van der Waals surface area contributed by atoms with Crippen molar-refractivity contribution < 1.29 is 19.5 Å². The molecule has 2 N–H and O–H groups in total. The van der Waals surface area contributed by atoms with Crippen molar-refractivity contribution in [3.8, 4) is 0 Å². The molecule has 0 aliphatic rings. The molecule has 26 heavy (non-hydrogen) atoms. The molecule has 1 aromatic heterocycles. The number of carboxylic acid groups (broad SMARTS) is 1. The van der Waals surface area contributed by atoms with Gasteiger partial charge in [0, 0.05) is 16.0 Å². The molecule has 0 saturated heterocycles. The Labute approximate surface area is 154 Å². The Morgan fingerprint density at radius 1 is 1.12 bits per heavy atom. The van der Waals surface area contributed by atoms with Crippen LogP contribution in [0.25, 0.3) is 10.9 Å². The summed E-state index contributed by atoms with van der Waals surface area (Å²) in [6, 6.07) is 13.3. The first-order chi connectivity index (χ1) is 12.4. The summed E-state index contributed by atoms with van der Waals surface area (Å²) in [5.41, 5.74) is 3.86. The number of ketones is 2. The number of halogens is 1. The van der Waals surface area contributed by atoms with Crippen LogP contribution in [-0.4, -0.2) is 33.9 Å². The van der Waals surface area contributed by atoms with Crippen molar-refractivity contribution in [1.82, 2.24) is 4.68 Å². The summed E-state index contributed by atoms with van der Waals surface area (Å²) < 4.78 is 1.33. The topological polar surface area (TPSA) is 88.4 Å². The molecule has 0 bridgehead atoms. The van der Waals surface area contributed by atoms with Gasteiger partial charge in [0.2, 0.25) is 5.78 Å². The third-order valence-corrected chi connectivity index (χ3v) is 4.16. The van der Waals surface area contributed by atoms with E-state index >= 15 is 0 Å². The van der Waals surface area contributed by atoms with Gasteiger partial charge in [-0.25, -0.2) is 0 Å². The van der Waals surface area contributed by atoms with E-state index < -0.39 is 12.5 Å². The van der Waals surface area contributed by atoms with Crippen LogP contribution in [0.15, 0.2) is 48.5 Å². The number of nitrogens with one attached hydrogen (secondary N) is 1. The zero-order chi connectivity index (χ0) is 18.8. The van der Waals surface area contributed by atoms with Gasteiger partial charge in [-0.1, -0.05) is 48.0 Å². The zero-order valence-electron chi connectivity index (χ0n) is 13.8. The van der Waals surface area contributed by atoms with Crippen LogP contribution in [0.4, 0.5) is 0 Å². The molecule has 0 saturated carbocycles. The molecule has 6 nitrogen and oxygen atoms in total. The Hall–Kier alpha value is -3.12. The number of hydrogen-bond acceptors (Lipinski definition) is 4. The lowest BCUT2D eigenvalue weighted by Crippen LogP contribution is -2.26. The highest BCUT2D eigenvalue weighted by molar-refractivity contribution is 6.31. The smallest absolute Gasteiger partial charge is 0.324 e. The molecule has 0 atom stereocenters. The molecule has 0 fully saturated rings. The summed E-state index contributed by atoms with van der Waals surface area (Å²) in [6.45, 7) is 0.940.